The highest BCUT2D eigenvalue weighted by Crippen LogP contribution is 2.22. The Hall–Kier alpha value is -3.13. The number of hydrogen-bond donors (Lipinski definition) is 2. The van der Waals surface area contributed by atoms with Crippen LogP contribution in [0.4, 0.5) is 0 Å². The normalized spacial score (nSPS) is 16.7. The van der Waals surface area contributed by atoms with Gasteiger partial charge in [0.05, 0.1) is 11.3 Å². The third-order valence-corrected chi connectivity index (χ3v) is 5.89. The molecular formula is C19H19N3O4S. The Kier molecular flexibility index (Phi) is 5.56. The topological polar surface area (TPSA) is 95.6 Å². The molecule has 1 aliphatic rings. The molecule has 2 aromatic rings. The number of hydrogen-bond acceptors (Lipinski definition) is 4. The molecule has 7 nitrogen and oxygen atoms in total. The maximum atomic E-state index is 12.9. The molecule has 0 fully saturated rings. The van der Waals surface area contributed by atoms with Crippen LogP contribution >= 0.6 is 0 Å². The number of nitrogens with zero attached hydrogens (tertiary/aromatic N) is 1. The quantitative estimate of drug-likeness (QED) is 0.785. The van der Waals surface area contributed by atoms with E-state index in [1.807, 2.05) is 30.3 Å². The summed E-state index contributed by atoms with van der Waals surface area (Å²) >= 11 is 0. The maximum Gasteiger partial charge on any atom is 0.264 e. The van der Waals surface area contributed by atoms with E-state index in [0.29, 0.717) is 6.54 Å². The zero-order chi connectivity index (χ0) is 19.3. The van der Waals surface area contributed by atoms with Crippen molar-refractivity contribution < 1.29 is 18.0 Å². The lowest BCUT2D eigenvalue weighted by molar-refractivity contribution is -0.129. The van der Waals surface area contributed by atoms with E-state index in [-0.39, 0.29) is 11.3 Å². The van der Waals surface area contributed by atoms with Crippen molar-refractivity contribution in [3.63, 3.8) is 0 Å². The van der Waals surface area contributed by atoms with Crippen LogP contribution in [-0.2, 0) is 26.2 Å². The number of rotatable bonds is 6. The molecule has 0 saturated heterocycles. The molecule has 0 aromatic heterocycles. The Labute approximate surface area is 157 Å². The van der Waals surface area contributed by atoms with Crippen molar-refractivity contribution in [3.05, 3.63) is 78.6 Å². The average Bonchev–Trinajstić information content (AvgIpc) is 2.69. The smallest absolute Gasteiger partial charge is 0.264 e. The zero-order valence-corrected chi connectivity index (χ0v) is 15.2. The van der Waals surface area contributed by atoms with Gasteiger partial charge in [0.1, 0.15) is 6.04 Å². The number of carbonyl (C=O) groups excluding carboxylic acids is 2. The fourth-order valence-corrected chi connectivity index (χ4v) is 4.17. The third kappa shape index (κ3) is 4.35. The van der Waals surface area contributed by atoms with E-state index in [9.17, 15) is 18.0 Å². The summed E-state index contributed by atoms with van der Waals surface area (Å²) in [5.74, 6) is -0.963. The van der Waals surface area contributed by atoms with Crippen molar-refractivity contribution in [2.45, 2.75) is 23.9 Å². The van der Waals surface area contributed by atoms with Crippen molar-refractivity contribution in [2.75, 3.05) is 0 Å². The van der Waals surface area contributed by atoms with Crippen molar-refractivity contribution in [3.8, 4) is 0 Å². The van der Waals surface area contributed by atoms with Crippen LogP contribution in [0.5, 0.6) is 0 Å². The molecule has 3 rings (SSSR count). The summed E-state index contributed by atoms with van der Waals surface area (Å²) in [5.41, 5.74) is 0.910. The van der Waals surface area contributed by atoms with Crippen LogP contribution in [0.2, 0.25) is 0 Å². The van der Waals surface area contributed by atoms with E-state index >= 15 is 0 Å². The fraction of sp³-hybridized carbons (Fsp3) is 0.158. The Balaban J connectivity index is 1.74. The Morgan fingerprint density at radius 3 is 2.33 bits per heavy atom. The summed E-state index contributed by atoms with van der Waals surface area (Å²) in [7, 11) is -3.95. The van der Waals surface area contributed by atoms with Crippen LogP contribution in [0, 0.1) is 0 Å². The van der Waals surface area contributed by atoms with E-state index in [0.717, 1.165) is 9.87 Å². The SMILES string of the molecule is O=C(C[C@@H]1C(=O)NC=CN1S(=O)(=O)c1ccccc1)NCc1ccccc1. The molecule has 0 aliphatic carbocycles. The molecule has 0 unspecified atom stereocenters. The van der Waals surface area contributed by atoms with Crippen molar-refractivity contribution in [2.24, 2.45) is 0 Å². The number of benzene rings is 2. The number of carbonyl (C=O) groups is 2. The van der Waals surface area contributed by atoms with E-state index in [2.05, 4.69) is 10.6 Å². The van der Waals surface area contributed by atoms with Gasteiger partial charge in [-0.25, -0.2) is 8.42 Å². The van der Waals surface area contributed by atoms with Gasteiger partial charge in [-0.2, -0.15) is 0 Å². The van der Waals surface area contributed by atoms with Gasteiger partial charge in [-0.15, -0.1) is 0 Å². The van der Waals surface area contributed by atoms with E-state index in [1.165, 1.54) is 24.5 Å². The lowest BCUT2D eigenvalue weighted by atomic mass is 10.1. The van der Waals surface area contributed by atoms with Gasteiger partial charge in [-0.1, -0.05) is 48.5 Å². The molecule has 140 valence electrons. The van der Waals surface area contributed by atoms with E-state index in [4.69, 9.17) is 0 Å². The standard InChI is InChI=1S/C19H19N3O4S/c23-18(21-14-15-7-3-1-4-8-15)13-17-19(24)20-11-12-22(17)27(25,26)16-9-5-2-6-10-16/h1-12,17H,13-14H2,(H,20,24)(H,21,23)/t17-/m1/s1. The molecule has 1 atom stereocenters. The molecule has 0 radical (unpaired) electrons. The lowest BCUT2D eigenvalue weighted by Crippen LogP contribution is -2.51. The van der Waals surface area contributed by atoms with Crippen molar-refractivity contribution in [1.82, 2.24) is 14.9 Å². The Morgan fingerprint density at radius 2 is 1.67 bits per heavy atom. The largest absolute Gasteiger partial charge is 0.352 e. The van der Waals surface area contributed by atoms with Gasteiger partial charge in [-0.3, -0.25) is 13.9 Å². The van der Waals surface area contributed by atoms with Gasteiger partial charge in [0.2, 0.25) is 11.8 Å². The zero-order valence-electron chi connectivity index (χ0n) is 14.4. The predicted molar refractivity (Wildman–Crippen MR) is 99.4 cm³/mol. The molecule has 2 amide bonds. The minimum Gasteiger partial charge on any atom is -0.352 e. The fourth-order valence-electron chi connectivity index (χ4n) is 2.70. The summed E-state index contributed by atoms with van der Waals surface area (Å²) < 4.78 is 26.7. The van der Waals surface area contributed by atoms with Crippen molar-refractivity contribution >= 4 is 21.8 Å². The molecule has 0 spiro atoms. The van der Waals surface area contributed by atoms with Gasteiger partial charge in [0.25, 0.3) is 10.0 Å². The number of sulfonamides is 1. The molecule has 27 heavy (non-hydrogen) atoms. The highest BCUT2D eigenvalue weighted by atomic mass is 32.2. The second-order valence-electron chi connectivity index (χ2n) is 5.95. The van der Waals surface area contributed by atoms with Crippen LogP contribution in [-0.4, -0.2) is 30.6 Å². The molecule has 0 bridgehead atoms. The molecule has 0 saturated carbocycles. The summed E-state index contributed by atoms with van der Waals surface area (Å²) in [5, 5.41) is 5.17. The first-order valence-corrected chi connectivity index (χ1v) is 9.79. The summed E-state index contributed by atoms with van der Waals surface area (Å²) in [6.07, 6.45) is 2.23. The van der Waals surface area contributed by atoms with E-state index in [1.54, 1.807) is 18.2 Å². The first-order chi connectivity index (χ1) is 13.0. The second-order valence-corrected chi connectivity index (χ2v) is 7.80. The summed E-state index contributed by atoms with van der Waals surface area (Å²) in [6.45, 7) is 0.301. The van der Waals surface area contributed by atoms with Gasteiger partial charge in [-0.05, 0) is 17.7 Å². The van der Waals surface area contributed by atoms with Gasteiger partial charge >= 0.3 is 0 Å². The monoisotopic (exact) mass is 385 g/mol. The second kappa shape index (κ2) is 8.05. The van der Waals surface area contributed by atoms with Gasteiger partial charge < -0.3 is 10.6 Å². The predicted octanol–water partition coefficient (Wildman–Crippen LogP) is 1.35. The molecule has 1 aliphatic heterocycles. The number of amides is 2. The minimum atomic E-state index is -3.95. The summed E-state index contributed by atoms with van der Waals surface area (Å²) in [4.78, 5) is 24.6. The maximum absolute atomic E-state index is 12.9. The van der Waals surface area contributed by atoms with Crippen molar-refractivity contribution in [1.29, 1.82) is 0 Å². The van der Waals surface area contributed by atoms with Crippen LogP contribution in [0.25, 0.3) is 0 Å². The van der Waals surface area contributed by atoms with Crippen LogP contribution < -0.4 is 10.6 Å². The molecule has 2 N–H and O–H groups in total. The first kappa shape index (κ1) is 18.7. The van der Waals surface area contributed by atoms with Gasteiger partial charge in [0, 0.05) is 18.9 Å². The van der Waals surface area contributed by atoms with Gasteiger partial charge in [0.15, 0.2) is 0 Å². The number of nitrogens with one attached hydrogen (secondary N) is 2. The minimum absolute atomic E-state index is 0.0547. The summed E-state index contributed by atoms with van der Waals surface area (Å²) in [6, 6.07) is 15.9. The molecule has 2 aromatic carbocycles. The first-order valence-electron chi connectivity index (χ1n) is 8.35. The molecular weight excluding hydrogens is 366 g/mol. The van der Waals surface area contributed by atoms with Crippen LogP contribution in [0.15, 0.2) is 78.0 Å². The third-order valence-electron chi connectivity index (χ3n) is 4.09. The lowest BCUT2D eigenvalue weighted by Gasteiger charge is -2.31. The molecule has 1 heterocycles. The highest BCUT2D eigenvalue weighted by molar-refractivity contribution is 7.89. The average molecular weight is 385 g/mol. The Bertz CT molecular complexity index is 943. The highest BCUT2D eigenvalue weighted by Gasteiger charge is 2.36. The van der Waals surface area contributed by atoms with E-state index < -0.39 is 27.9 Å². The molecule has 8 heteroatoms. The Morgan fingerprint density at radius 1 is 1.04 bits per heavy atom. The van der Waals surface area contributed by atoms with Crippen LogP contribution in [0.3, 0.4) is 0 Å². The van der Waals surface area contributed by atoms with Crippen LogP contribution in [0.1, 0.15) is 12.0 Å².